The lowest BCUT2D eigenvalue weighted by atomic mass is 10.2. The molecule has 200 valence electrons. The molecule has 0 aliphatic carbocycles. The van der Waals surface area contributed by atoms with Gasteiger partial charge in [0.05, 0.1) is 0 Å². The smallest absolute Gasteiger partial charge is 0.255 e. The van der Waals surface area contributed by atoms with Crippen LogP contribution in [0.1, 0.15) is 31.8 Å². The molecule has 7 heteroatoms. The van der Waals surface area contributed by atoms with Crippen LogP contribution >= 0.6 is 0 Å². The Morgan fingerprint density at radius 3 is 1.13 bits per heavy atom. The molecule has 0 aliphatic heterocycles. The van der Waals surface area contributed by atoms with Crippen LogP contribution in [-0.4, -0.2) is 28.4 Å². The standard InChI is InChI=1S/C32H36N2O3Si2/c1-23-7-15-27(16-8-23)33-31(35)25-11-19-29(20-12-25)38(3,4)37-39(5,6)30-21-13-26(14-22-30)32(36)34-28-17-9-24(2)10-18-28/h7-22H,1-6H3,(H,33,35)(H,34,36). The SMILES string of the molecule is Cc1ccc(NC(=O)c2ccc([Si](C)(C)O[Si](C)(C)c3ccc(C(=O)Nc4ccc(C)cc4)cc3)cc2)cc1. The summed E-state index contributed by atoms with van der Waals surface area (Å²) in [6.07, 6.45) is 0. The quantitative estimate of drug-likeness (QED) is 0.250. The molecule has 0 unspecified atom stereocenters. The first-order valence-electron chi connectivity index (χ1n) is 13.1. The monoisotopic (exact) mass is 552 g/mol. The highest BCUT2D eigenvalue weighted by molar-refractivity contribution is 6.96. The van der Waals surface area contributed by atoms with Crippen LogP contribution in [-0.2, 0) is 4.12 Å². The van der Waals surface area contributed by atoms with Crippen molar-refractivity contribution < 1.29 is 13.7 Å². The third kappa shape index (κ3) is 7.20. The lowest BCUT2D eigenvalue weighted by Crippen LogP contribution is -2.57. The van der Waals surface area contributed by atoms with Crippen LogP contribution in [0.5, 0.6) is 0 Å². The Balaban J connectivity index is 1.41. The van der Waals surface area contributed by atoms with E-state index in [0.29, 0.717) is 11.1 Å². The van der Waals surface area contributed by atoms with Crippen LogP contribution in [0, 0.1) is 13.8 Å². The molecule has 2 amide bonds. The molecular weight excluding hydrogens is 517 g/mol. The van der Waals surface area contributed by atoms with Crippen molar-refractivity contribution in [3.63, 3.8) is 0 Å². The Bertz CT molecular complexity index is 1330. The maximum absolute atomic E-state index is 12.7. The van der Waals surface area contributed by atoms with E-state index in [4.69, 9.17) is 4.12 Å². The molecule has 0 atom stereocenters. The Morgan fingerprint density at radius 2 is 0.821 bits per heavy atom. The summed E-state index contributed by atoms with van der Waals surface area (Å²) in [5.74, 6) is -0.265. The van der Waals surface area contributed by atoms with Gasteiger partial charge in [-0.25, -0.2) is 0 Å². The molecular formula is C32H36N2O3Si2. The Kier molecular flexibility index (Phi) is 8.35. The van der Waals surface area contributed by atoms with Gasteiger partial charge in [-0.2, -0.15) is 0 Å². The van der Waals surface area contributed by atoms with Crippen LogP contribution < -0.4 is 21.0 Å². The van der Waals surface area contributed by atoms with E-state index in [1.165, 1.54) is 0 Å². The van der Waals surface area contributed by atoms with Gasteiger partial charge in [-0.1, -0.05) is 59.7 Å². The first-order valence-corrected chi connectivity index (χ1v) is 18.9. The van der Waals surface area contributed by atoms with Crippen LogP contribution in [0.4, 0.5) is 11.4 Å². The van der Waals surface area contributed by atoms with E-state index in [1.54, 1.807) is 0 Å². The highest BCUT2D eigenvalue weighted by Crippen LogP contribution is 2.18. The Morgan fingerprint density at radius 1 is 0.513 bits per heavy atom. The minimum atomic E-state index is -2.28. The molecule has 4 rings (SSSR count). The molecule has 0 spiro atoms. The fourth-order valence-corrected chi connectivity index (χ4v) is 12.5. The number of carbonyl (C=O) groups excluding carboxylic acids is 2. The van der Waals surface area contributed by atoms with Crippen molar-refractivity contribution in [2.75, 3.05) is 10.6 Å². The molecule has 4 aromatic carbocycles. The van der Waals surface area contributed by atoms with Gasteiger partial charge < -0.3 is 14.7 Å². The zero-order valence-electron chi connectivity index (χ0n) is 23.5. The van der Waals surface area contributed by atoms with Crippen LogP contribution in [0.15, 0.2) is 97.1 Å². The summed E-state index contributed by atoms with van der Waals surface area (Å²) in [6, 6.07) is 31.0. The number of carbonyl (C=O) groups is 2. The normalized spacial score (nSPS) is 11.6. The van der Waals surface area contributed by atoms with Crippen LogP contribution in [0.25, 0.3) is 0 Å². The van der Waals surface area contributed by atoms with E-state index in [2.05, 4.69) is 36.8 Å². The molecule has 0 aliphatic rings. The van der Waals surface area contributed by atoms with Gasteiger partial charge in [-0.05, 0) is 98.9 Å². The van der Waals surface area contributed by atoms with Gasteiger partial charge in [0.2, 0.25) is 16.6 Å². The van der Waals surface area contributed by atoms with E-state index in [-0.39, 0.29) is 11.8 Å². The highest BCUT2D eigenvalue weighted by atomic mass is 28.4. The number of benzene rings is 4. The van der Waals surface area contributed by atoms with Gasteiger partial charge in [0.25, 0.3) is 11.8 Å². The summed E-state index contributed by atoms with van der Waals surface area (Å²) >= 11 is 0. The van der Waals surface area contributed by atoms with E-state index in [9.17, 15) is 9.59 Å². The number of nitrogens with one attached hydrogen (secondary N) is 2. The predicted molar refractivity (Wildman–Crippen MR) is 166 cm³/mol. The van der Waals surface area contributed by atoms with Crippen molar-refractivity contribution in [1.29, 1.82) is 0 Å². The zero-order chi connectivity index (χ0) is 28.2. The molecule has 4 aromatic rings. The number of hydrogen-bond donors (Lipinski definition) is 2. The minimum Gasteiger partial charge on any atom is -0.449 e. The van der Waals surface area contributed by atoms with Crippen molar-refractivity contribution in [3.8, 4) is 0 Å². The summed E-state index contributed by atoms with van der Waals surface area (Å²) in [4.78, 5) is 25.4. The van der Waals surface area contributed by atoms with Gasteiger partial charge in [0.15, 0.2) is 0 Å². The van der Waals surface area contributed by atoms with Gasteiger partial charge >= 0.3 is 0 Å². The van der Waals surface area contributed by atoms with E-state index in [0.717, 1.165) is 32.9 Å². The zero-order valence-corrected chi connectivity index (χ0v) is 25.5. The number of aryl methyl sites for hydroxylation is 2. The predicted octanol–water partition coefficient (Wildman–Crippen LogP) is 6.35. The molecule has 0 bridgehead atoms. The second-order valence-electron chi connectivity index (χ2n) is 10.9. The average molecular weight is 553 g/mol. The molecule has 2 N–H and O–H groups in total. The van der Waals surface area contributed by atoms with Crippen molar-refractivity contribution in [3.05, 3.63) is 119 Å². The van der Waals surface area contributed by atoms with Crippen molar-refractivity contribution in [2.24, 2.45) is 0 Å². The van der Waals surface area contributed by atoms with E-state index in [1.807, 2.05) is 111 Å². The lowest BCUT2D eigenvalue weighted by molar-refractivity contribution is 0.101. The number of rotatable bonds is 8. The summed E-state index contributed by atoms with van der Waals surface area (Å²) in [5.41, 5.74) is 5.07. The van der Waals surface area contributed by atoms with Crippen molar-refractivity contribution >= 4 is 50.2 Å². The minimum absolute atomic E-state index is 0.132. The number of anilines is 2. The molecule has 0 fully saturated rings. The molecule has 0 heterocycles. The topological polar surface area (TPSA) is 67.4 Å². The fourth-order valence-electron chi connectivity index (χ4n) is 4.48. The van der Waals surface area contributed by atoms with Crippen molar-refractivity contribution in [2.45, 2.75) is 40.0 Å². The number of hydrogen-bond acceptors (Lipinski definition) is 3. The first kappa shape index (κ1) is 28.2. The fraction of sp³-hybridized carbons (Fsp3) is 0.188. The molecule has 0 radical (unpaired) electrons. The first-order chi connectivity index (χ1) is 18.4. The second kappa shape index (κ2) is 11.5. The summed E-state index contributed by atoms with van der Waals surface area (Å²) in [5, 5.41) is 8.16. The van der Waals surface area contributed by atoms with Gasteiger partial charge in [-0.3, -0.25) is 9.59 Å². The Hall–Kier alpha value is -3.79. The van der Waals surface area contributed by atoms with Gasteiger partial charge in [0.1, 0.15) is 0 Å². The molecule has 0 aromatic heterocycles. The average Bonchev–Trinajstić information content (AvgIpc) is 2.91. The molecule has 5 nitrogen and oxygen atoms in total. The Labute approximate surface area is 233 Å². The third-order valence-electron chi connectivity index (χ3n) is 6.81. The highest BCUT2D eigenvalue weighted by Gasteiger charge is 2.36. The van der Waals surface area contributed by atoms with Crippen LogP contribution in [0.3, 0.4) is 0 Å². The number of amides is 2. The summed E-state index contributed by atoms with van der Waals surface area (Å²) < 4.78 is 6.89. The van der Waals surface area contributed by atoms with Gasteiger partial charge in [-0.15, -0.1) is 0 Å². The van der Waals surface area contributed by atoms with Crippen molar-refractivity contribution in [1.82, 2.24) is 0 Å². The molecule has 0 saturated heterocycles. The third-order valence-corrected chi connectivity index (χ3v) is 14.3. The van der Waals surface area contributed by atoms with E-state index < -0.39 is 16.6 Å². The second-order valence-corrected chi connectivity index (χ2v) is 18.9. The summed E-state index contributed by atoms with van der Waals surface area (Å²) in [7, 11) is -4.55. The maximum atomic E-state index is 12.7. The molecule has 39 heavy (non-hydrogen) atoms. The maximum Gasteiger partial charge on any atom is 0.255 e. The summed E-state index contributed by atoms with van der Waals surface area (Å²) in [6.45, 7) is 12.8. The van der Waals surface area contributed by atoms with E-state index >= 15 is 0 Å². The largest absolute Gasteiger partial charge is 0.449 e. The van der Waals surface area contributed by atoms with Gasteiger partial charge in [0, 0.05) is 22.5 Å². The van der Waals surface area contributed by atoms with Crippen LogP contribution in [0.2, 0.25) is 26.2 Å². The lowest BCUT2D eigenvalue weighted by Gasteiger charge is -2.34. The molecule has 0 saturated carbocycles.